The summed E-state index contributed by atoms with van der Waals surface area (Å²) >= 11 is 1.05. The molecule has 10 heteroatoms. The van der Waals surface area contributed by atoms with Gasteiger partial charge in [0.2, 0.25) is 5.89 Å². The molecule has 1 heterocycles. The molecular formula is C18H15N3O6S. The van der Waals surface area contributed by atoms with Crippen molar-refractivity contribution in [3.8, 4) is 23.0 Å². The number of carbonyl (C=O) groups excluding carboxylic acids is 1. The first-order chi connectivity index (χ1) is 13.5. The number of ether oxygens (including phenoxy) is 2. The maximum Gasteiger partial charge on any atom is 0.277 e. The van der Waals surface area contributed by atoms with E-state index in [4.69, 9.17) is 13.9 Å². The Bertz CT molecular complexity index is 998. The first kappa shape index (κ1) is 19.4. The fraction of sp³-hybridized carbons (Fsp3) is 0.167. The van der Waals surface area contributed by atoms with Crippen LogP contribution in [-0.4, -0.2) is 40.9 Å². The van der Waals surface area contributed by atoms with Crippen LogP contribution < -0.4 is 9.47 Å². The van der Waals surface area contributed by atoms with Crippen LogP contribution in [0.2, 0.25) is 0 Å². The van der Waals surface area contributed by atoms with Gasteiger partial charge in [0, 0.05) is 29.3 Å². The Kier molecular flexibility index (Phi) is 5.90. The molecule has 0 radical (unpaired) electrons. The summed E-state index contributed by atoms with van der Waals surface area (Å²) < 4.78 is 16.0. The second kappa shape index (κ2) is 8.53. The number of rotatable bonds is 8. The fourth-order valence-corrected chi connectivity index (χ4v) is 2.98. The van der Waals surface area contributed by atoms with Gasteiger partial charge in [0.15, 0.2) is 5.78 Å². The minimum absolute atomic E-state index is 0.00420. The topological polar surface area (TPSA) is 118 Å². The van der Waals surface area contributed by atoms with Gasteiger partial charge in [-0.2, -0.15) is 0 Å². The summed E-state index contributed by atoms with van der Waals surface area (Å²) in [5.41, 5.74) is 0.724. The second-order valence-electron chi connectivity index (χ2n) is 5.49. The quantitative estimate of drug-likeness (QED) is 0.241. The van der Waals surface area contributed by atoms with Crippen molar-refractivity contribution in [2.45, 2.75) is 5.22 Å². The highest BCUT2D eigenvalue weighted by Crippen LogP contribution is 2.30. The van der Waals surface area contributed by atoms with E-state index in [9.17, 15) is 14.9 Å². The van der Waals surface area contributed by atoms with Crippen LogP contribution in [0.15, 0.2) is 52.1 Å². The lowest BCUT2D eigenvalue weighted by molar-refractivity contribution is -0.384. The number of non-ortho nitro benzene ring substituents is 1. The Hall–Kier alpha value is -3.40. The molecule has 2 aromatic carbocycles. The second-order valence-corrected chi connectivity index (χ2v) is 6.42. The molecule has 0 aliphatic heterocycles. The number of benzene rings is 2. The molecule has 0 atom stereocenters. The minimum atomic E-state index is -0.545. The molecule has 3 aromatic rings. The van der Waals surface area contributed by atoms with Crippen LogP contribution >= 0.6 is 11.8 Å². The number of methoxy groups -OCH3 is 2. The van der Waals surface area contributed by atoms with Crippen molar-refractivity contribution in [3.63, 3.8) is 0 Å². The highest BCUT2D eigenvalue weighted by molar-refractivity contribution is 7.99. The van der Waals surface area contributed by atoms with Gasteiger partial charge in [-0.05, 0) is 12.1 Å². The SMILES string of the molecule is COc1cc(OC)cc(-c2nnc(SCC(=O)c3cccc([N+](=O)[O-])c3)o2)c1. The van der Waals surface area contributed by atoms with Gasteiger partial charge in [-0.15, -0.1) is 10.2 Å². The van der Waals surface area contributed by atoms with E-state index < -0.39 is 4.92 Å². The summed E-state index contributed by atoms with van der Waals surface area (Å²) in [5, 5.41) is 18.9. The van der Waals surface area contributed by atoms with Crippen LogP contribution in [0.4, 0.5) is 5.69 Å². The molecule has 0 bridgehead atoms. The molecule has 0 aliphatic carbocycles. The van der Waals surface area contributed by atoms with Gasteiger partial charge in [-0.3, -0.25) is 14.9 Å². The van der Waals surface area contributed by atoms with Gasteiger partial charge >= 0.3 is 0 Å². The molecule has 0 unspecified atom stereocenters. The maximum absolute atomic E-state index is 12.3. The van der Waals surface area contributed by atoms with Crippen LogP contribution in [0.3, 0.4) is 0 Å². The third kappa shape index (κ3) is 4.46. The number of nitrogens with zero attached hydrogens (tertiary/aromatic N) is 3. The number of carbonyl (C=O) groups is 1. The Balaban J connectivity index is 1.71. The van der Waals surface area contributed by atoms with Gasteiger partial charge < -0.3 is 13.9 Å². The van der Waals surface area contributed by atoms with Crippen molar-refractivity contribution in [2.75, 3.05) is 20.0 Å². The lowest BCUT2D eigenvalue weighted by Crippen LogP contribution is -2.03. The summed E-state index contributed by atoms with van der Waals surface area (Å²) in [7, 11) is 3.07. The molecule has 0 saturated heterocycles. The van der Waals surface area contributed by atoms with Crippen molar-refractivity contribution in [1.82, 2.24) is 10.2 Å². The highest BCUT2D eigenvalue weighted by Gasteiger charge is 2.16. The van der Waals surface area contributed by atoms with E-state index >= 15 is 0 Å². The number of hydrogen-bond donors (Lipinski definition) is 0. The number of hydrogen-bond acceptors (Lipinski definition) is 9. The monoisotopic (exact) mass is 401 g/mol. The maximum atomic E-state index is 12.3. The average Bonchev–Trinajstić information content (AvgIpc) is 3.20. The van der Waals surface area contributed by atoms with Crippen LogP contribution in [-0.2, 0) is 0 Å². The molecule has 0 aliphatic rings. The van der Waals surface area contributed by atoms with Crippen molar-refractivity contribution in [3.05, 3.63) is 58.1 Å². The minimum Gasteiger partial charge on any atom is -0.497 e. The molecule has 28 heavy (non-hydrogen) atoms. The standard InChI is InChI=1S/C18H15N3O6S/c1-25-14-7-12(8-15(9-14)26-2)17-19-20-18(27-17)28-10-16(22)11-4-3-5-13(6-11)21(23)24/h3-9H,10H2,1-2H3. The van der Waals surface area contributed by atoms with E-state index in [1.165, 1.54) is 38.5 Å². The van der Waals surface area contributed by atoms with E-state index in [0.29, 0.717) is 17.1 Å². The molecular weight excluding hydrogens is 386 g/mol. The molecule has 0 N–H and O–H groups in total. The predicted molar refractivity (Wildman–Crippen MR) is 101 cm³/mol. The number of aromatic nitrogens is 2. The van der Waals surface area contributed by atoms with Crippen molar-refractivity contribution in [2.24, 2.45) is 0 Å². The van der Waals surface area contributed by atoms with Gasteiger partial charge in [0.1, 0.15) is 11.5 Å². The Morgan fingerprint density at radius 2 is 1.86 bits per heavy atom. The summed E-state index contributed by atoms with van der Waals surface area (Å²) in [5.74, 6) is 1.12. The van der Waals surface area contributed by atoms with E-state index in [1.54, 1.807) is 18.2 Å². The number of ketones is 1. The predicted octanol–water partition coefficient (Wildman–Crippen LogP) is 3.64. The summed E-state index contributed by atoms with van der Waals surface area (Å²) in [4.78, 5) is 22.5. The molecule has 0 saturated carbocycles. The largest absolute Gasteiger partial charge is 0.497 e. The third-order valence-corrected chi connectivity index (χ3v) is 4.53. The van der Waals surface area contributed by atoms with Crippen molar-refractivity contribution in [1.29, 1.82) is 0 Å². The van der Waals surface area contributed by atoms with Crippen LogP contribution in [0.1, 0.15) is 10.4 Å². The number of Topliss-reactive ketones (excluding diaryl/α,β-unsaturated/α-hetero) is 1. The van der Waals surface area contributed by atoms with Crippen molar-refractivity contribution >= 4 is 23.2 Å². The molecule has 0 spiro atoms. The Morgan fingerprint density at radius 1 is 1.14 bits per heavy atom. The van der Waals surface area contributed by atoms with Crippen LogP contribution in [0.25, 0.3) is 11.5 Å². The summed E-state index contributed by atoms with van der Waals surface area (Å²) in [6.07, 6.45) is 0. The van der Waals surface area contributed by atoms with E-state index in [2.05, 4.69) is 10.2 Å². The molecule has 1 aromatic heterocycles. The lowest BCUT2D eigenvalue weighted by atomic mass is 10.1. The summed E-state index contributed by atoms with van der Waals surface area (Å²) in [6, 6.07) is 10.7. The molecule has 144 valence electrons. The highest BCUT2D eigenvalue weighted by atomic mass is 32.2. The van der Waals surface area contributed by atoms with Gasteiger partial charge in [0.05, 0.1) is 24.9 Å². The normalized spacial score (nSPS) is 10.5. The first-order valence-corrected chi connectivity index (χ1v) is 8.96. The van der Waals surface area contributed by atoms with Gasteiger partial charge in [0.25, 0.3) is 10.9 Å². The molecule has 3 rings (SSSR count). The number of nitro benzene ring substituents is 1. The van der Waals surface area contributed by atoms with Gasteiger partial charge in [-0.1, -0.05) is 23.9 Å². The average molecular weight is 401 g/mol. The van der Waals surface area contributed by atoms with E-state index in [0.717, 1.165) is 11.8 Å². The number of thioether (sulfide) groups is 1. The Labute approximate surface area is 163 Å². The third-order valence-electron chi connectivity index (χ3n) is 3.71. The zero-order valence-electron chi connectivity index (χ0n) is 14.9. The van der Waals surface area contributed by atoms with Crippen LogP contribution in [0, 0.1) is 10.1 Å². The fourth-order valence-electron chi connectivity index (χ4n) is 2.32. The van der Waals surface area contributed by atoms with E-state index in [-0.39, 0.29) is 33.9 Å². The lowest BCUT2D eigenvalue weighted by Gasteiger charge is -2.05. The first-order valence-electron chi connectivity index (χ1n) is 7.97. The van der Waals surface area contributed by atoms with E-state index in [1.807, 2.05) is 0 Å². The Morgan fingerprint density at radius 3 is 2.50 bits per heavy atom. The zero-order valence-corrected chi connectivity index (χ0v) is 15.8. The summed E-state index contributed by atoms with van der Waals surface area (Å²) in [6.45, 7) is 0. The zero-order chi connectivity index (χ0) is 20.1. The molecule has 0 amide bonds. The molecule has 0 fully saturated rings. The van der Waals surface area contributed by atoms with Gasteiger partial charge in [-0.25, -0.2) is 0 Å². The molecule has 9 nitrogen and oxygen atoms in total. The smallest absolute Gasteiger partial charge is 0.277 e. The number of nitro groups is 1. The van der Waals surface area contributed by atoms with Crippen molar-refractivity contribution < 1.29 is 23.6 Å². The van der Waals surface area contributed by atoms with Crippen LogP contribution in [0.5, 0.6) is 11.5 Å².